The monoisotopic (exact) mass is 195 g/mol. The first-order chi connectivity index (χ1) is 6.59. The third kappa shape index (κ3) is 1.73. The van der Waals surface area contributed by atoms with Gasteiger partial charge >= 0.3 is 0 Å². The van der Waals surface area contributed by atoms with Crippen LogP contribution in [0.4, 0.5) is 4.39 Å². The molecule has 0 spiro atoms. The zero-order valence-corrected chi connectivity index (χ0v) is 8.43. The average molecular weight is 195 g/mol. The fourth-order valence-corrected chi connectivity index (χ4v) is 1.47. The standard InChI is InChI=1S/C11H14FNO/c1-8-3-4-9(5-10(8)12)14-11(2)6-13-7-11/h3-5,13H,6-7H2,1-2H3. The van der Waals surface area contributed by atoms with Crippen molar-refractivity contribution in [3.05, 3.63) is 29.6 Å². The van der Waals surface area contributed by atoms with Crippen LogP contribution in [0.15, 0.2) is 18.2 Å². The molecular weight excluding hydrogens is 181 g/mol. The van der Waals surface area contributed by atoms with Gasteiger partial charge in [-0.2, -0.15) is 0 Å². The molecule has 0 atom stereocenters. The smallest absolute Gasteiger partial charge is 0.131 e. The van der Waals surface area contributed by atoms with Gasteiger partial charge in [-0.05, 0) is 25.5 Å². The molecular formula is C11H14FNO. The summed E-state index contributed by atoms with van der Waals surface area (Å²) in [6.07, 6.45) is 0. The van der Waals surface area contributed by atoms with Crippen LogP contribution in [-0.2, 0) is 0 Å². The number of rotatable bonds is 2. The summed E-state index contributed by atoms with van der Waals surface area (Å²) < 4.78 is 18.9. The Morgan fingerprint density at radius 1 is 1.43 bits per heavy atom. The lowest BCUT2D eigenvalue weighted by molar-refractivity contribution is 0.0346. The number of benzene rings is 1. The molecule has 0 unspecified atom stereocenters. The van der Waals surface area contributed by atoms with Gasteiger partial charge in [-0.25, -0.2) is 4.39 Å². The van der Waals surface area contributed by atoms with Crippen LogP contribution in [0, 0.1) is 12.7 Å². The molecule has 1 aliphatic heterocycles. The molecule has 0 radical (unpaired) electrons. The Hall–Kier alpha value is -1.09. The summed E-state index contributed by atoms with van der Waals surface area (Å²) in [6.45, 7) is 5.40. The Kier molecular flexibility index (Phi) is 2.19. The topological polar surface area (TPSA) is 21.3 Å². The van der Waals surface area contributed by atoms with E-state index in [0.29, 0.717) is 11.3 Å². The van der Waals surface area contributed by atoms with Crippen molar-refractivity contribution in [3.63, 3.8) is 0 Å². The minimum Gasteiger partial charge on any atom is -0.485 e. The van der Waals surface area contributed by atoms with Crippen molar-refractivity contribution in [2.24, 2.45) is 0 Å². The van der Waals surface area contributed by atoms with Gasteiger partial charge < -0.3 is 10.1 Å². The van der Waals surface area contributed by atoms with E-state index in [1.165, 1.54) is 6.07 Å². The summed E-state index contributed by atoms with van der Waals surface area (Å²) >= 11 is 0. The van der Waals surface area contributed by atoms with Crippen LogP contribution < -0.4 is 10.1 Å². The quantitative estimate of drug-likeness (QED) is 0.778. The van der Waals surface area contributed by atoms with Gasteiger partial charge in [0.05, 0.1) is 0 Å². The Bertz CT molecular complexity index is 347. The first-order valence-corrected chi connectivity index (χ1v) is 4.75. The predicted molar refractivity (Wildman–Crippen MR) is 53.0 cm³/mol. The highest BCUT2D eigenvalue weighted by atomic mass is 19.1. The molecule has 3 heteroatoms. The summed E-state index contributed by atoms with van der Waals surface area (Å²) in [6, 6.07) is 4.99. The van der Waals surface area contributed by atoms with Crippen molar-refractivity contribution in [1.82, 2.24) is 5.32 Å². The van der Waals surface area contributed by atoms with Crippen LogP contribution >= 0.6 is 0 Å². The van der Waals surface area contributed by atoms with Gasteiger partial charge in [-0.1, -0.05) is 6.07 Å². The lowest BCUT2D eigenvalue weighted by atomic mass is 10.00. The maximum Gasteiger partial charge on any atom is 0.131 e. The maximum atomic E-state index is 13.2. The normalized spacial score (nSPS) is 18.8. The number of nitrogens with one attached hydrogen (secondary N) is 1. The molecule has 1 aliphatic rings. The molecule has 76 valence electrons. The molecule has 0 aliphatic carbocycles. The molecule has 1 N–H and O–H groups in total. The van der Waals surface area contributed by atoms with E-state index in [2.05, 4.69) is 5.32 Å². The van der Waals surface area contributed by atoms with Crippen molar-refractivity contribution in [3.8, 4) is 5.75 Å². The van der Waals surface area contributed by atoms with Gasteiger partial charge in [0.1, 0.15) is 17.2 Å². The largest absolute Gasteiger partial charge is 0.485 e. The first-order valence-electron chi connectivity index (χ1n) is 4.75. The number of hydrogen-bond acceptors (Lipinski definition) is 2. The number of ether oxygens (including phenoxy) is 1. The minimum absolute atomic E-state index is 0.165. The second-order valence-electron chi connectivity index (χ2n) is 4.07. The highest BCUT2D eigenvalue weighted by molar-refractivity contribution is 5.29. The zero-order chi connectivity index (χ0) is 10.2. The highest BCUT2D eigenvalue weighted by Gasteiger charge is 2.33. The second kappa shape index (κ2) is 3.24. The molecule has 2 nitrogen and oxygen atoms in total. The van der Waals surface area contributed by atoms with Crippen LogP contribution in [0.25, 0.3) is 0 Å². The molecule has 2 rings (SSSR count). The highest BCUT2D eigenvalue weighted by Crippen LogP contribution is 2.23. The van der Waals surface area contributed by atoms with E-state index in [-0.39, 0.29) is 11.4 Å². The predicted octanol–water partition coefficient (Wildman–Crippen LogP) is 1.87. The summed E-state index contributed by atoms with van der Waals surface area (Å²) in [7, 11) is 0. The Labute approximate surface area is 83.1 Å². The van der Waals surface area contributed by atoms with Crippen LogP contribution in [-0.4, -0.2) is 18.7 Å². The van der Waals surface area contributed by atoms with Crippen molar-refractivity contribution in [2.75, 3.05) is 13.1 Å². The third-order valence-electron chi connectivity index (χ3n) is 2.51. The van der Waals surface area contributed by atoms with E-state index >= 15 is 0 Å². The van der Waals surface area contributed by atoms with Gasteiger partial charge in [-0.15, -0.1) is 0 Å². The van der Waals surface area contributed by atoms with Gasteiger partial charge in [0, 0.05) is 19.2 Å². The van der Waals surface area contributed by atoms with E-state index in [0.717, 1.165) is 13.1 Å². The summed E-state index contributed by atoms with van der Waals surface area (Å²) in [5.41, 5.74) is 0.482. The lowest BCUT2D eigenvalue weighted by Crippen LogP contribution is -2.61. The molecule has 1 fully saturated rings. The molecule has 0 bridgehead atoms. The molecule has 0 amide bonds. The van der Waals surface area contributed by atoms with Crippen LogP contribution in [0.3, 0.4) is 0 Å². The SMILES string of the molecule is Cc1ccc(OC2(C)CNC2)cc1F. The van der Waals surface area contributed by atoms with E-state index in [9.17, 15) is 4.39 Å². The Balaban J connectivity index is 2.13. The van der Waals surface area contributed by atoms with Crippen molar-refractivity contribution in [1.29, 1.82) is 0 Å². The average Bonchev–Trinajstić information content (AvgIpc) is 2.09. The van der Waals surface area contributed by atoms with Crippen molar-refractivity contribution >= 4 is 0 Å². The first kappa shape index (κ1) is 9.46. The number of aryl methyl sites for hydroxylation is 1. The zero-order valence-electron chi connectivity index (χ0n) is 8.43. The third-order valence-corrected chi connectivity index (χ3v) is 2.51. The Morgan fingerprint density at radius 3 is 2.64 bits per heavy atom. The van der Waals surface area contributed by atoms with Crippen LogP contribution in [0.2, 0.25) is 0 Å². The van der Waals surface area contributed by atoms with E-state index in [1.54, 1.807) is 13.0 Å². The van der Waals surface area contributed by atoms with Gasteiger partial charge in [0.15, 0.2) is 0 Å². The van der Waals surface area contributed by atoms with Crippen LogP contribution in [0.5, 0.6) is 5.75 Å². The lowest BCUT2D eigenvalue weighted by Gasteiger charge is -2.39. The molecule has 1 saturated heterocycles. The Morgan fingerprint density at radius 2 is 2.14 bits per heavy atom. The number of hydrogen-bond donors (Lipinski definition) is 1. The fraction of sp³-hybridized carbons (Fsp3) is 0.455. The van der Waals surface area contributed by atoms with Gasteiger partial charge in [0.2, 0.25) is 0 Å². The van der Waals surface area contributed by atoms with Crippen LogP contribution in [0.1, 0.15) is 12.5 Å². The second-order valence-corrected chi connectivity index (χ2v) is 4.07. The molecule has 1 aromatic carbocycles. The molecule has 0 aromatic heterocycles. The maximum absolute atomic E-state index is 13.2. The fourth-order valence-electron chi connectivity index (χ4n) is 1.47. The van der Waals surface area contributed by atoms with Crippen molar-refractivity contribution < 1.29 is 9.13 Å². The van der Waals surface area contributed by atoms with Crippen molar-refractivity contribution in [2.45, 2.75) is 19.4 Å². The van der Waals surface area contributed by atoms with Gasteiger partial charge in [0.25, 0.3) is 0 Å². The van der Waals surface area contributed by atoms with E-state index < -0.39 is 0 Å². The minimum atomic E-state index is -0.210. The van der Waals surface area contributed by atoms with E-state index in [1.807, 2.05) is 13.0 Å². The molecule has 0 saturated carbocycles. The number of halogens is 1. The van der Waals surface area contributed by atoms with E-state index in [4.69, 9.17) is 4.74 Å². The molecule has 1 heterocycles. The summed E-state index contributed by atoms with van der Waals surface area (Å²) in [5.74, 6) is 0.399. The van der Waals surface area contributed by atoms with Gasteiger partial charge in [-0.3, -0.25) is 0 Å². The summed E-state index contributed by atoms with van der Waals surface area (Å²) in [4.78, 5) is 0. The molecule has 1 aromatic rings. The summed E-state index contributed by atoms with van der Waals surface area (Å²) in [5, 5.41) is 3.13. The molecule has 14 heavy (non-hydrogen) atoms.